The molecular weight excluding hydrogens is 556 g/mol. The maximum atomic E-state index is 15.1. The number of hydrogen-bond donors (Lipinski definition) is 3. The number of aryl methyl sites for hydroxylation is 1. The van der Waals surface area contributed by atoms with Crippen LogP contribution in [-0.2, 0) is 17.3 Å². The van der Waals surface area contributed by atoms with Gasteiger partial charge in [-0.25, -0.2) is 13.6 Å². The second-order valence-electron chi connectivity index (χ2n) is 14.4. The fraction of sp³-hybridized carbons (Fsp3) is 0.541. The van der Waals surface area contributed by atoms with Crippen molar-refractivity contribution in [1.29, 1.82) is 0 Å². The van der Waals surface area contributed by atoms with Gasteiger partial charge in [-0.15, -0.1) is 0 Å². The molecule has 0 aromatic heterocycles. The van der Waals surface area contributed by atoms with E-state index in [1.807, 2.05) is 19.2 Å². The smallest absolute Gasteiger partial charge is 0.319 e. The summed E-state index contributed by atoms with van der Waals surface area (Å²) in [7, 11) is 2.05. The summed E-state index contributed by atoms with van der Waals surface area (Å²) in [6.07, 6.45) is 13.9. The number of phenolic OH excluding ortho intramolecular Hbond substituents is 1. The Balaban J connectivity index is 0.000000662. The Hall–Kier alpha value is -3.19. The molecule has 0 spiro atoms. The first-order valence-electron chi connectivity index (χ1n) is 16.0. The predicted octanol–water partition coefficient (Wildman–Crippen LogP) is 8.96. The number of benzene rings is 1. The molecule has 0 atom stereocenters. The van der Waals surface area contributed by atoms with Gasteiger partial charge in [0.1, 0.15) is 17.4 Å². The molecule has 5 nitrogen and oxygen atoms in total. The highest BCUT2D eigenvalue weighted by atomic mass is 19.1. The van der Waals surface area contributed by atoms with Gasteiger partial charge in [-0.3, -0.25) is 0 Å². The van der Waals surface area contributed by atoms with Gasteiger partial charge >= 0.3 is 6.03 Å². The van der Waals surface area contributed by atoms with Crippen LogP contribution in [0.15, 0.2) is 71.0 Å². The fourth-order valence-electron chi connectivity index (χ4n) is 5.60. The van der Waals surface area contributed by atoms with Crippen molar-refractivity contribution in [3.05, 3.63) is 87.7 Å². The summed E-state index contributed by atoms with van der Waals surface area (Å²) in [6, 6.07) is 3.52. The average molecular weight is 610 g/mol. The minimum Gasteiger partial charge on any atom is -0.507 e. The van der Waals surface area contributed by atoms with Crippen LogP contribution in [0.4, 0.5) is 13.6 Å². The van der Waals surface area contributed by atoms with Gasteiger partial charge in [0, 0.05) is 12.5 Å². The molecule has 242 valence electrons. The van der Waals surface area contributed by atoms with Crippen molar-refractivity contribution >= 4 is 6.03 Å². The van der Waals surface area contributed by atoms with E-state index >= 15 is 4.39 Å². The molecule has 0 radical (unpaired) electrons. The third-order valence-electron chi connectivity index (χ3n) is 8.32. The molecule has 2 amide bonds. The van der Waals surface area contributed by atoms with Crippen LogP contribution in [0.5, 0.6) is 5.75 Å². The van der Waals surface area contributed by atoms with Crippen molar-refractivity contribution < 1.29 is 18.7 Å². The topological polar surface area (TPSA) is 64.6 Å². The van der Waals surface area contributed by atoms with Crippen LogP contribution in [-0.4, -0.2) is 42.2 Å². The maximum Gasteiger partial charge on any atom is 0.319 e. The SMILES string of the molecule is CC1=CCCC=C1.CN1CCC(NC(=O)NC2=C(F)CC=C(F)C=C2CCc2cc(C(C)(C)C)c(O)c(C(C)(C)C)c2)CC1. The predicted molar refractivity (Wildman–Crippen MR) is 178 cm³/mol. The Morgan fingerprint density at radius 3 is 2.09 bits per heavy atom. The Labute approximate surface area is 263 Å². The average Bonchev–Trinajstić information content (AvgIpc) is 3.06. The number of piperidine rings is 1. The van der Waals surface area contributed by atoms with Crippen molar-refractivity contribution in [2.75, 3.05) is 20.1 Å². The minimum absolute atomic E-state index is 0.0246. The number of rotatable bonds is 5. The van der Waals surface area contributed by atoms with Gasteiger partial charge in [0.25, 0.3) is 0 Å². The van der Waals surface area contributed by atoms with Gasteiger partial charge in [-0.1, -0.05) is 77.5 Å². The van der Waals surface area contributed by atoms with Crippen LogP contribution in [0, 0.1) is 0 Å². The second kappa shape index (κ2) is 15.2. The molecule has 0 bridgehead atoms. The molecule has 1 aromatic rings. The van der Waals surface area contributed by atoms with Crippen LogP contribution in [0.3, 0.4) is 0 Å². The molecule has 1 heterocycles. The molecule has 0 saturated carbocycles. The summed E-state index contributed by atoms with van der Waals surface area (Å²) in [5.41, 5.74) is 3.96. The Morgan fingerprint density at radius 2 is 1.59 bits per heavy atom. The van der Waals surface area contributed by atoms with Gasteiger partial charge in [0.15, 0.2) is 0 Å². The number of nitrogens with zero attached hydrogens (tertiary/aromatic N) is 1. The Morgan fingerprint density at radius 1 is 0.977 bits per heavy atom. The molecule has 1 aromatic carbocycles. The van der Waals surface area contributed by atoms with Crippen molar-refractivity contribution in [1.82, 2.24) is 15.5 Å². The van der Waals surface area contributed by atoms with Crippen molar-refractivity contribution in [3.8, 4) is 5.75 Å². The van der Waals surface area contributed by atoms with Gasteiger partial charge in [0.2, 0.25) is 0 Å². The summed E-state index contributed by atoms with van der Waals surface area (Å²) in [5.74, 6) is -0.784. The normalized spacial score (nSPS) is 18.5. The van der Waals surface area contributed by atoms with Gasteiger partial charge in [-0.2, -0.15) is 0 Å². The van der Waals surface area contributed by atoms with E-state index < -0.39 is 17.7 Å². The van der Waals surface area contributed by atoms with E-state index in [0.29, 0.717) is 24.2 Å². The quantitative estimate of drug-likeness (QED) is 0.312. The van der Waals surface area contributed by atoms with Crippen LogP contribution in [0.25, 0.3) is 0 Å². The number of hydrogen-bond acceptors (Lipinski definition) is 3. The summed E-state index contributed by atoms with van der Waals surface area (Å²) in [5, 5.41) is 16.6. The molecule has 1 saturated heterocycles. The van der Waals surface area contributed by atoms with Gasteiger partial charge < -0.3 is 20.6 Å². The molecule has 2 aliphatic carbocycles. The van der Waals surface area contributed by atoms with Crippen molar-refractivity contribution in [2.45, 2.75) is 110 Å². The van der Waals surface area contributed by atoms with E-state index in [4.69, 9.17) is 0 Å². The van der Waals surface area contributed by atoms with E-state index in [0.717, 1.165) is 42.6 Å². The first kappa shape index (κ1) is 35.3. The molecule has 44 heavy (non-hydrogen) atoms. The maximum absolute atomic E-state index is 15.1. The lowest BCUT2D eigenvalue weighted by Crippen LogP contribution is -2.47. The number of halogens is 2. The zero-order valence-corrected chi connectivity index (χ0v) is 28.0. The highest BCUT2D eigenvalue weighted by Crippen LogP contribution is 2.40. The molecule has 0 unspecified atom stereocenters. The molecular formula is C37H53F2N3O2. The van der Waals surface area contributed by atoms with Gasteiger partial charge in [-0.05, 0) is 111 Å². The number of allylic oxidation sites excluding steroid dienone is 9. The number of amides is 2. The minimum atomic E-state index is -0.561. The fourth-order valence-corrected chi connectivity index (χ4v) is 5.60. The molecule has 3 N–H and O–H groups in total. The number of carbonyl (C=O) groups excluding carboxylic acids is 1. The lowest BCUT2D eigenvalue weighted by Gasteiger charge is -2.29. The van der Waals surface area contributed by atoms with Crippen LogP contribution in [0.2, 0.25) is 0 Å². The summed E-state index contributed by atoms with van der Waals surface area (Å²) >= 11 is 0. The third kappa shape index (κ3) is 10.5. The van der Waals surface area contributed by atoms with E-state index in [9.17, 15) is 14.3 Å². The lowest BCUT2D eigenvalue weighted by atomic mass is 9.78. The van der Waals surface area contributed by atoms with E-state index in [1.165, 1.54) is 30.6 Å². The molecule has 1 fully saturated rings. The van der Waals surface area contributed by atoms with Gasteiger partial charge in [0.05, 0.1) is 5.70 Å². The number of likely N-dealkylation sites (tertiary alicyclic amines) is 1. The van der Waals surface area contributed by atoms with E-state index in [-0.39, 0.29) is 29.0 Å². The zero-order valence-electron chi connectivity index (χ0n) is 28.0. The van der Waals surface area contributed by atoms with Crippen molar-refractivity contribution in [3.63, 3.8) is 0 Å². The van der Waals surface area contributed by atoms with Crippen LogP contribution in [0.1, 0.15) is 104 Å². The number of carbonyl (C=O) groups is 1. The zero-order chi connectivity index (χ0) is 32.7. The number of nitrogens with one attached hydrogen (secondary N) is 2. The van der Waals surface area contributed by atoms with E-state index in [2.05, 4.69) is 82.2 Å². The van der Waals surface area contributed by atoms with Crippen LogP contribution >= 0.6 is 0 Å². The number of phenols is 1. The second-order valence-corrected chi connectivity index (χ2v) is 14.4. The molecule has 1 aliphatic heterocycles. The monoisotopic (exact) mass is 609 g/mol. The van der Waals surface area contributed by atoms with E-state index in [1.54, 1.807) is 0 Å². The molecule has 4 rings (SSSR count). The highest BCUT2D eigenvalue weighted by Gasteiger charge is 2.27. The summed E-state index contributed by atoms with van der Waals surface area (Å²) < 4.78 is 29.5. The lowest BCUT2D eigenvalue weighted by molar-refractivity contribution is 0.215. The summed E-state index contributed by atoms with van der Waals surface area (Å²) in [6.45, 7) is 16.2. The first-order chi connectivity index (χ1) is 20.5. The van der Waals surface area contributed by atoms with Crippen LogP contribution < -0.4 is 10.6 Å². The third-order valence-corrected chi connectivity index (χ3v) is 8.32. The van der Waals surface area contributed by atoms with Crippen molar-refractivity contribution in [2.24, 2.45) is 0 Å². The Bertz CT molecular complexity index is 1300. The first-order valence-corrected chi connectivity index (χ1v) is 16.0. The molecule has 3 aliphatic rings. The Kier molecular flexibility index (Phi) is 12.2. The number of urea groups is 1. The summed E-state index contributed by atoms with van der Waals surface area (Å²) in [4.78, 5) is 15.0. The number of aromatic hydroxyl groups is 1. The standard InChI is InChI=1S/C30H43F2N3O2.C7H10/c1-29(2,3)23-16-19(17-24(27(23)36)30(4,5)6)8-9-20-18-21(31)10-11-25(32)26(20)34-28(37)33-22-12-14-35(7)15-13-22;1-7-5-3-2-4-6-7/h10,16-18,22,36H,8-9,11-15H2,1-7H3,(H2,33,34,37);3,5-6H,2,4H2,1H3. The molecule has 7 heteroatoms. The highest BCUT2D eigenvalue weighted by molar-refractivity contribution is 5.77. The largest absolute Gasteiger partial charge is 0.507 e.